The van der Waals surface area contributed by atoms with Crippen molar-refractivity contribution in [3.63, 3.8) is 0 Å². The molecule has 0 bridgehead atoms. The van der Waals surface area contributed by atoms with E-state index < -0.39 is 18.9 Å². The van der Waals surface area contributed by atoms with Crippen LogP contribution in [0.2, 0.25) is 0 Å². The highest BCUT2D eigenvalue weighted by Gasteiger charge is 2.28. The predicted octanol–water partition coefficient (Wildman–Crippen LogP) is 2.88. The van der Waals surface area contributed by atoms with Crippen molar-refractivity contribution in [3.05, 3.63) is 36.0 Å². The van der Waals surface area contributed by atoms with E-state index in [4.69, 9.17) is 5.11 Å². The van der Waals surface area contributed by atoms with Crippen molar-refractivity contribution in [2.24, 2.45) is 0 Å². The number of halogens is 3. The molecule has 0 spiro atoms. The molecule has 7 heteroatoms. The number of aromatic nitrogens is 1. The maximum absolute atomic E-state index is 11.9. The second kappa shape index (κ2) is 4.93. The van der Waals surface area contributed by atoms with E-state index in [1.165, 1.54) is 16.8 Å². The number of alkyl halides is 3. The fourth-order valence-corrected chi connectivity index (χ4v) is 1.88. The van der Waals surface area contributed by atoms with Gasteiger partial charge in [-0.25, -0.2) is 4.79 Å². The minimum Gasteiger partial charge on any atom is -0.478 e. The van der Waals surface area contributed by atoms with Gasteiger partial charge in [0.1, 0.15) is 0 Å². The van der Waals surface area contributed by atoms with Gasteiger partial charge >= 0.3 is 12.3 Å². The number of ether oxygens (including phenoxy) is 1. The summed E-state index contributed by atoms with van der Waals surface area (Å²) in [5, 5.41) is 9.71. The van der Waals surface area contributed by atoms with E-state index in [9.17, 15) is 18.0 Å². The first-order chi connectivity index (χ1) is 8.88. The number of carbonyl (C=O) groups is 1. The maximum atomic E-state index is 11.9. The fourth-order valence-electron chi connectivity index (χ4n) is 1.88. The SMILES string of the molecule is O=C(O)c1cccc2ccn(CCOC(F)(F)F)c12. The predicted molar refractivity (Wildman–Crippen MR) is 60.9 cm³/mol. The Labute approximate surface area is 106 Å². The third-order valence-electron chi connectivity index (χ3n) is 2.62. The lowest BCUT2D eigenvalue weighted by atomic mass is 10.1. The van der Waals surface area contributed by atoms with Gasteiger partial charge in [0.05, 0.1) is 17.7 Å². The summed E-state index contributed by atoms with van der Waals surface area (Å²) >= 11 is 0. The maximum Gasteiger partial charge on any atom is 0.522 e. The van der Waals surface area contributed by atoms with Crippen LogP contribution in [0.5, 0.6) is 0 Å². The van der Waals surface area contributed by atoms with Gasteiger partial charge in [0, 0.05) is 18.1 Å². The highest BCUT2D eigenvalue weighted by atomic mass is 19.4. The molecule has 0 fully saturated rings. The van der Waals surface area contributed by atoms with Gasteiger partial charge in [-0.2, -0.15) is 0 Å². The van der Waals surface area contributed by atoms with E-state index in [0.717, 1.165) is 0 Å². The molecule has 0 saturated heterocycles. The van der Waals surface area contributed by atoms with Crippen LogP contribution in [0.15, 0.2) is 30.5 Å². The summed E-state index contributed by atoms with van der Waals surface area (Å²) in [5.74, 6) is -1.12. The van der Waals surface area contributed by atoms with Crippen LogP contribution in [-0.2, 0) is 11.3 Å². The quantitative estimate of drug-likeness (QED) is 0.931. The summed E-state index contributed by atoms with van der Waals surface area (Å²) in [6.07, 6.45) is -3.14. The Bertz CT molecular complexity index is 604. The van der Waals surface area contributed by atoms with Crippen LogP contribution < -0.4 is 0 Å². The zero-order chi connectivity index (χ0) is 14.0. The lowest BCUT2D eigenvalue weighted by Gasteiger charge is -2.10. The zero-order valence-electron chi connectivity index (χ0n) is 9.65. The third-order valence-corrected chi connectivity index (χ3v) is 2.62. The highest BCUT2D eigenvalue weighted by molar-refractivity contribution is 6.02. The molecular formula is C12H10F3NO3. The largest absolute Gasteiger partial charge is 0.522 e. The average Bonchev–Trinajstić information content (AvgIpc) is 2.70. The van der Waals surface area contributed by atoms with Crippen LogP contribution in [0.25, 0.3) is 10.9 Å². The Balaban J connectivity index is 2.26. The number of nitrogens with zero attached hydrogens (tertiary/aromatic N) is 1. The number of benzene rings is 1. The third kappa shape index (κ3) is 3.05. The minimum absolute atomic E-state index is 0.0505. The lowest BCUT2D eigenvalue weighted by Crippen LogP contribution is -2.17. The molecule has 0 amide bonds. The Hall–Kier alpha value is -2.02. The van der Waals surface area contributed by atoms with Crippen molar-refractivity contribution < 1.29 is 27.8 Å². The summed E-state index contributed by atoms with van der Waals surface area (Å²) in [6.45, 7) is -0.644. The number of carboxylic acids is 1. The number of carboxylic acid groups (broad SMARTS) is 1. The molecular weight excluding hydrogens is 263 g/mol. The van der Waals surface area contributed by atoms with Gasteiger partial charge in [0.15, 0.2) is 0 Å². The zero-order valence-corrected chi connectivity index (χ0v) is 9.65. The van der Waals surface area contributed by atoms with Crippen LogP contribution in [0.1, 0.15) is 10.4 Å². The molecule has 1 heterocycles. The van der Waals surface area contributed by atoms with Crippen molar-refractivity contribution in [3.8, 4) is 0 Å². The molecule has 0 aliphatic heterocycles. The topological polar surface area (TPSA) is 51.5 Å². The number of hydrogen-bond acceptors (Lipinski definition) is 2. The molecule has 0 aliphatic rings. The van der Waals surface area contributed by atoms with E-state index in [0.29, 0.717) is 10.9 Å². The Morgan fingerprint density at radius 3 is 2.68 bits per heavy atom. The molecule has 2 aromatic rings. The highest BCUT2D eigenvalue weighted by Crippen LogP contribution is 2.21. The molecule has 2 rings (SSSR count). The van der Waals surface area contributed by atoms with Gasteiger partial charge in [-0.1, -0.05) is 12.1 Å². The monoisotopic (exact) mass is 273 g/mol. The molecule has 0 radical (unpaired) electrons. The first-order valence-electron chi connectivity index (χ1n) is 5.40. The van der Waals surface area contributed by atoms with Crippen LogP contribution in [0.4, 0.5) is 13.2 Å². The van der Waals surface area contributed by atoms with Crippen LogP contribution in [0, 0.1) is 0 Å². The number of aromatic carboxylic acids is 1. The van der Waals surface area contributed by atoms with E-state index >= 15 is 0 Å². The molecule has 1 aromatic heterocycles. The van der Waals surface area contributed by atoms with Gasteiger partial charge in [-0.15, -0.1) is 13.2 Å². The standard InChI is InChI=1S/C12H10F3NO3/c13-12(14,15)19-7-6-16-5-4-8-2-1-3-9(10(8)16)11(17)18/h1-5H,6-7H2,(H,17,18). The fraction of sp³-hybridized carbons (Fsp3) is 0.250. The summed E-state index contributed by atoms with van der Waals surface area (Å²) in [6, 6.07) is 6.34. The minimum atomic E-state index is -4.68. The van der Waals surface area contributed by atoms with E-state index in [1.54, 1.807) is 18.2 Å². The van der Waals surface area contributed by atoms with E-state index in [2.05, 4.69) is 4.74 Å². The van der Waals surface area contributed by atoms with Crippen molar-refractivity contribution in [2.45, 2.75) is 12.9 Å². The van der Waals surface area contributed by atoms with Crippen LogP contribution >= 0.6 is 0 Å². The first-order valence-corrected chi connectivity index (χ1v) is 5.40. The summed E-state index contributed by atoms with van der Waals surface area (Å²) in [5.41, 5.74) is 0.440. The Kier molecular flexibility index (Phi) is 3.48. The molecule has 0 saturated carbocycles. The summed E-state index contributed by atoms with van der Waals surface area (Å²) < 4.78 is 40.8. The second-order valence-electron chi connectivity index (χ2n) is 3.85. The molecule has 0 unspecified atom stereocenters. The molecule has 4 nitrogen and oxygen atoms in total. The molecule has 1 aromatic carbocycles. The van der Waals surface area contributed by atoms with Crippen LogP contribution in [-0.4, -0.2) is 28.6 Å². The Morgan fingerprint density at radius 1 is 1.32 bits per heavy atom. The van der Waals surface area contributed by atoms with E-state index in [-0.39, 0.29) is 12.1 Å². The molecule has 19 heavy (non-hydrogen) atoms. The van der Waals surface area contributed by atoms with Crippen LogP contribution in [0.3, 0.4) is 0 Å². The lowest BCUT2D eigenvalue weighted by molar-refractivity contribution is -0.325. The molecule has 1 N–H and O–H groups in total. The molecule has 102 valence electrons. The second-order valence-corrected chi connectivity index (χ2v) is 3.85. The summed E-state index contributed by atoms with van der Waals surface area (Å²) in [7, 11) is 0. The van der Waals surface area contributed by atoms with Gasteiger partial charge in [0.25, 0.3) is 0 Å². The number of fused-ring (bicyclic) bond motifs is 1. The molecule has 0 aliphatic carbocycles. The summed E-state index contributed by atoms with van der Waals surface area (Å²) in [4.78, 5) is 11.1. The number of para-hydroxylation sites is 1. The van der Waals surface area contributed by atoms with Gasteiger partial charge in [-0.05, 0) is 12.1 Å². The number of rotatable bonds is 4. The van der Waals surface area contributed by atoms with Crippen molar-refractivity contribution in [1.82, 2.24) is 4.57 Å². The molecule has 0 atom stereocenters. The Morgan fingerprint density at radius 2 is 2.05 bits per heavy atom. The van der Waals surface area contributed by atoms with E-state index in [1.807, 2.05) is 0 Å². The van der Waals surface area contributed by atoms with Gasteiger partial charge in [-0.3, -0.25) is 4.74 Å². The van der Waals surface area contributed by atoms with Crippen molar-refractivity contribution >= 4 is 16.9 Å². The van der Waals surface area contributed by atoms with Gasteiger partial charge in [0.2, 0.25) is 0 Å². The normalized spacial score (nSPS) is 11.9. The smallest absolute Gasteiger partial charge is 0.478 e. The van der Waals surface area contributed by atoms with Crippen molar-refractivity contribution in [2.75, 3.05) is 6.61 Å². The first kappa shape index (κ1) is 13.4. The van der Waals surface area contributed by atoms with Gasteiger partial charge < -0.3 is 9.67 Å². The number of hydrogen-bond donors (Lipinski definition) is 1. The average molecular weight is 273 g/mol. The van der Waals surface area contributed by atoms with Crippen molar-refractivity contribution in [1.29, 1.82) is 0 Å².